The van der Waals surface area contributed by atoms with Crippen molar-refractivity contribution in [2.24, 2.45) is 0 Å². The molecule has 1 N–H and O–H groups in total. The van der Waals surface area contributed by atoms with Crippen LogP contribution in [0.3, 0.4) is 0 Å². The first-order valence-electron chi connectivity index (χ1n) is 6.11. The van der Waals surface area contributed by atoms with Crippen LogP contribution in [-0.4, -0.2) is 35.1 Å². The summed E-state index contributed by atoms with van der Waals surface area (Å²) in [6.07, 6.45) is 4.87. The Morgan fingerprint density at radius 3 is 2.65 bits per heavy atom. The number of rotatable bonds is 4. The van der Waals surface area contributed by atoms with Crippen LogP contribution in [0.5, 0.6) is 0 Å². The van der Waals surface area contributed by atoms with E-state index in [0.29, 0.717) is 23.9 Å². The van der Waals surface area contributed by atoms with E-state index in [1.165, 1.54) is 6.42 Å². The lowest BCUT2D eigenvalue weighted by Gasteiger charge is -2.37. The van der Waals surface area contributed by atoms with Crippen LogP contribution >= 0.6 is 0 Å². The van der Waals surface area contributed by atoms with Crippen molar-refractivity contribution in [1.29, 1.82) is 0 Å². The molecule has 94 valence electrons. The first kappa shape index (κ1) is 12.2. The minimum atomic E-state index is -0.00694. The maximum Gasteiger partial charge on any atom is 0.257 e. The molecule has 1 heterocycles. The number of aryl methyl sites for hydroxylation is 2. The number of nitrogens with zero attached hydrogens (tertiary/aromatic N) is 1. The first-order chi connectivity index (χ1) is 8.15. The number of hydrogen-bond acceptors (Lipinski definition) is 3. The molecule has 0 radical (unpaired) electrons. The van der Waals surface area contributed by atoms with Crippen molar-refractivity contribution < 1.29 is 14.3 Å². The molecule has 17 heavy (non-hydrogen) atoms. The largest absolute Gasteiger partial charge is 0.469 e. The van der Waals surface area contributed by atoms with E-state index < -0.39 is 0 Å². The van der Waals surface area contributed by atoms with Crippen LogP contribution < -0.4 is 0 Å². The fourth-order valence-corrected chi connectivity index (χ4v) is 2.29. The monoisotopic (exact) mass is 237 g/mol. The normalized spacial score (nSPS) is 15.7. The molecule has 4 heteroatoms. The highest BCUT2D eigenvalue weighted by Crippen LogP contribution is 2.27. The molecule has 4 nitrogen and oxygen atoms in total. The fourth-order valence-electron chi connectivity index (χ4n) is 2.29. The Morgan fingerprint density at radius 2 is 2.24 bits per heavy atom. The van der Waals surface area contributed by atoms with Crippen molar-refractivity contribution in [3.05, 3.63) is 23.2 Å². The van der Waals surface area contributed by atoms with Gasteiger partial charge in [-0.1, -0.05) is 0 Å². The average molecular weight is 237 g/mol. The molecule has 0 bridgehead atoms. The van der Waals surface area contributed by atoms with Gasteiger partial charge in [0, 0.05) is 18.2 Å². The van der Waals surface area contributed by atoms with E-state index in [1.54, 1.807) is 18.1 Å². The van der Waals surface area contributed by atoms with Crippen molar-refractivity contribution >= 4 is 5.91 Å². The summed E-state index contributed by atoms with van der Waals surface area (Å²) in [6, 6.07) is 0.295. The Labute approximate surface area is 101 Å². The molecule has 0 aliphatic heterocycles. The maximum atomic E-state index is 12.4. The summed E-state index contributed by atoms with van der Waals surface area (Å²) in [5, 5.41) is 9.07. The van der Waals surface area contributed by atoms with Gasteiger partial charge >= 0.3 is 0 Å². The molecule has 0 atom stereocenters. The van der Waals surface area contributed by atoms with Gasteiger partial charge in [0.05, 0.1) is 18.4 Å². The Balaban J connectivity index is 2.21. The minimum Gasteiger partial charge on any atom is -0.469 e. The number of aliphatic hydroxyl groups excluding tert-OH is 1. The molecule has 1 aliphatic rings. The second-order valence-electron chi connectivity index (χ2n) is 4.66. The smallest absolute Gasteiger partial charge is 0.257 e. The Bertz CT molecular complexity index is 387. The van der Waals surface area contributed by atoms with Gasteiger partial charge in [-0.05, 0) is 33.1 Å². The van der Waals surface area contributed by atoms with Crippen LogP contribution in [-0.2, 0) is 0 Å². The highest BCUT2D eigenvalue weighted by atomic mass is 16.3. The van der Waals surface area contributed by atoms with Crippen LogP contribution in [0.2, 0.25) is 0 Å². The number of carbonyl (C=O) groups is 1. The van der Waals surface area contributed by atoms with Gasteiger partial charge in [-0.2, -0.15) is 0 Å². The molecular formula is C13H19NO3. The molecule has 0 aromatic carbocycles. The lowest BCUT2D eigenvalue weighted by molar-refractivity contribution is 0.0523. The quantitative estimate of drug-likeness (QED) is 0.870. The zero-order chi connectivity index (χ0) is 12.4. The topological polar surface area (TPSA) is 53.7 Å². The number of furan rings is 1. The van der Waals surface area contributed by atoms with Crippen LogP contribution in [0, 0.1) is 13.8 Å². The molecule has 1 aromatic rings. The Hall–Kier alpha value is -1.29. The number of carbonyl (C=O) groups excluding carboxylic acids is 1. The zero-order valence-electron chi connectivity index (χ0n) is 10.4. The molecule has 1 aromatic heterocycles. The second kappa shape index (κ2) is 4.92. The van der Waals surface area contributed by atoms with Crippen LogP contribution in [0.15, 0.2) is 10.7 Å². The van der Waals surface area contributed by atoms with Gasteiger partial charge < -0.3 is 14.4 Å². The number of hydrogen-bond donors (Lipinski definition) is 1. The van der Waals surface area contributed by atoms with E-state index in [9.17, 15) is 4.79 Å². The summed E-state index contributed by atoms with van der Waals surface area (Å²) in [5.41, 5.74) is 1.53. The van der Waals surface area contributed by atoms with Gasteiger partial charge in [0.1, 0.15) is 5.76 Å². The molecule has 1 amide bonds. The van der Waals surface area contributed by atoms with E-state index in [1.807, 2.05) is 6.92 Å². The van der Waals surface area contributed by atoms with Gasteiger partial charge in [-0.15, -0.1) is 0 Å². The summed E-state index contributed by atoms with van der Waals surface area (Å²) >= 11 is 0. The van der Waals surface area contributed by atoms with Crippen LogP contribution in [0.25, 0.3) is 0 Å². The average Bonchev–Trinajstić information content (AvgIpc) is 2.54. The van der Waals surface area contributed by atoms with Crippen LogP contribution in [0.4, 0.5) is 0 Å². The summed E-state index contributed by atoms with van der Waals surface area (Å²) in [6.45, 7) is 4.10. The molecule has 2 rings (SSSR count). The lowest BCUT2D eigenvalue weighted by Crippen LogP contribution is -2.45. The van der Waals surface area contributed by atoms with Crippen molar-refractivity contribution in [3.8, 4) is 0 Å². The summed E-state index contributed by atoms with van der Waals surface area (Å²) in [4.78, 5) is 14.2. The SMILES string of the molecule is Cc1coc(C)c1C(=O)N(CCO)C1CCC1. The zero-order valence-corrected chi connectivity index (χ0v) is 10.4. The molecule has 0 spiro atoms. The third kappa shape index (κ3) is 2.22. The van der Waals surface area contributed by atoms with Crippen molar-refractivity contribution in [2.45, 2.75) is 39.2 Å². The van der Waals surface area contributed by atoms with Crippen molar-refractivity contribution in [3.63, 3.8) is 0 Å². The predicted octanol–water partition coefficient (Wildman–Crippen LogP) is 1.88. The van der Waals surface area contributed by atoms with Gasteiger partial charge in [0.25, 0.3) is 5.91 Å². The molecular weight excluding hydrogens is 218 g/mol. The molecule has 0 unspecified atom stereocenters. The van der Waals surface area contributed by atoms with E-state index in [0.717, 1.165) is 18.4 Å². The second-order valence-corrected chi connectivity index (χ2v) is 4.66. The van der Waals surface area contributed by atoms with Gasteiger partial charge in [-0.3, -0.25) is 4.79 Å². The highest BCUT2D eigenvalue weighted by Gasteiger charge is 2.31. The summed E-state index contributed by atoms with van der Waals surface area (Å²) in [7, 11) is 0. The minimum absolute atomic E-state index is 0.00694. The van der Waals surface area contributed by atoms with E-state index >= 15 is 0 Å². The van der Waals surface area contributed by atoms with Crippen LogP contribution in [0.1, 0.15) is 40.9 Å². The van der Waals surface area contributed by atoms with E-state index in [2.05, 4.69) is 0 Å². The third-order valence-corrected chi connectivity index (χ3v) is 3.49. The highest BCUT2D eigenvalue weighted by molar-refractivity contribution is 5.96. The van der Waals surface area contributed by atoms with E-state index in [-0.39, 0.29) is 12.5 Å². The van der Waals surface area contributed by atoms with Gasteiger partial charge in [-0.25, -0.2) is 0 Å². The molecule has 1 aliphatic carbocycles. The fraction of sp³-hybridized carbons (Fsp3) is 0.615. The van der Waals surface area contributed by atoms with Crippen molar-refractivity contribution in [2.75, 3.05) is 13.2 Å². The standard InChI is InChI=1S/C13H19NO3/c1-9-8-17-10(2)12(9)13(16)14(6-7-15)11-4-3-5-11/h8,11,15H,3-7H2,1-2H3. The lowest BCUT2D eigenvalue weighted by atomic mass is 9.90. The first-order valence-corrected chi connectivity index (χ1v) is 6.11. The molecule has 0 saturated heterocycles. The molecule has 1 saturated carbocycles. The number of aliphatic hydroxyl groups is 1. The Kier molecular flexibility index (Phi) is 3.52. The summed E-state index contributed by atoms with van der Waals surface area (Å²) in [5.74, 6) is 0.655. The summed E-state index contributed by atoms with van der Waals surface area (Å²) < 4.78 is 5.27. The molecule has 1 fully saturated rings. The predicted molar refractivity (Wildman–Crippen MR) is 63.9 cm³/mol. The Morgan fingerprint density at radius 1 is 1.53 bits per heavy atom. The maximum absolute atomic E-state index is 12.4. The van der Waals surface area contributed by atoms with Gasteiger partial charge in [0.15, 0.2) is 0 Å². The van der Waals surface area contributed by atoms with Crippen molar-refractivity contribution in [1.82, 2.24) is 4.90 Å². The number of amides is 1. The third-order valence-electron chi connectivity index (χ3n) is 3.49. The van der Waals surface area contributed by atoms with Gasteiger partial charge in [0.2, 0.25) is 0 Å². The van der Waals surface area contributed by atoms with E-state index in [4.69, 9.17) is 9.52 Å².